The number of benzene rings is 1. The minimum absolute atomic E-state index is 0.0742. The molecule has 19 heavy (non-hydrogen) atoms. The molecule has 2 rings (SSSR count). The third-order valence-electron chi connectivity index (χ3n) is 3.44. The van der Waals surface area contributed by atoms with Gasteiger partial charge in [0.1, 0.15) is 0 Å². The van der Waals surface area contributed by atoms with Crippen LogP contribution < -0.4 is 0 Å². The molecule has 1 aliphatic rings. The zero-order valence-electron chi connectivity index (χ0n) is 11.4. The topological polar surface area (TPSA) is 34.1 Å². The number of hydrogen-bond donors (Lipinski definition) is 0. The molecule has 1 aromatic rings. The van der Waals surface area contributed by atoms with Gasteiger partial charge in [0.25, 0.3) is 0 Å². The predicted molar refractivity (Wildman–Crippen MR) is 82.9 cm³/mol. The number of carbonyl (C=O) groups is 2. The van der Waals surface area contributed by atoms with Gasteiger partial charge >= 0.3 is 0 Å². The van der Waals surface area contributed by atoms with E-state index in [0.29, 0.717) is 11.1 Å². The number of allylic oxidation sites excluding steroid dienone is 1. The van der Waals surface area contributed by atoms with Gasteiger partial charge in [0, 0.05) is 5.56 Å². The highest BCUT2D eigenvalue weighted by Gasteiger charge is 2.43. The largest absolute Gasteiger partial charge is 0.293 e. The molecule has 100 valence electrons. The Morgan fingerprint density at radius 1 is 1.05 bits per heavy atom. The lowest BCUT2D eigenvalue weighted by atomic mass is 9.69. The lowest BCUT2D eigenvalue weighted by Crippen LogP contribution is -2.39. The lowest BCUT2D eigenvalue weighted by Gasteiger charge is -2.32. The lowest BCUT2D eigenvalue weighted by molar-refractivity contribution is -0.119. The van der Waals surface area contributed by atoms with Crippen molar-refractivity contribution in [1.29, 1.82) is 0 Å². The Labute approximate surface area is 122 Å². The van der Waals surface area contributed by atoms with Gasteiger partial charge in [0.15, 0.2) is 11.6 Å². The third kappa shape index (κ3) is 2.17. The molecule has 4 heteroatoms. The quantitative estimate of drug-likeness (QED) is 0.615. The van der Waals surface area contributed by atoms with Crippen LogP contribution in [0.25, 0.3) is 0 Å². The Balaban J connectivity index is 2.76. The molecule has 1 aliphatic carbocycles. The second-order valence-electron chi connectivity index (χ2n) is 4.90. The second kappa shape index (κ2) is 5.17. The summed E-state index contributed by atoms with van der Waals surface area (Å²) in [5.74, 6) is -0.214. The number of rotatable bonds is 2. The monoisotopic (exact) mass is 292 g/mol. The van der Waals surface area contributed by atoms with Crippen molar-refractivity contribution in [3.63, 3.8) is 0 Å². The Bertz CT molecular complexity index is 580. The molecule has 0 aliphatic heterocycles. The van der Waals surface area contributed by atoms with Gasteiger partial charge in [-0.1, -0.05) is 24.3 Å². The van der Waals surface area contributed by atoms with E-state index in [2.05, 4.69) is 0 Å². The number of fused-ring (bicyclic) bond motifs is 1. The van der Waals surface area contributed by atoms with E-state index in [0.717, 1.165) is 9.80 Å². The number of hydrogen-bond acceptors (Lipinski definition) is 4. The summed E-state index contributed by atoms with van der Waals surface area (Å²) in [6.07, 6.45) is 3.79. The van der Waals surface area contributed by atoms with Gasteiger partial charge in [0.2, 0.25) is 0 Å². The van der Waals surface area contributed by atoms with Crippen molar-refractivity contribution in [2.45, 2.75) is 19.3 Å². The van der Waals surface area contributed by atoms with Crippen LogP contribution in [0.15, 0.2) is 34.1 Å². The van der Waals surface area contributed by atoms with E-state index in [1.807, 2.05) is 50.6 Å². The molecule has 0 heterocycles. The van der Waals surface area contributed by atoms with Crippen LogP contribution in [0.4, 0.5) is 0 Å². The molecule has 1 aromatic carbocycles. The van der Waals surface area contributed by atoms with Crippen molar-refractivity contribution >= 4 is 35.1 Å². The molecule has 0 N–H and O–H groups in total. The molecule has 0 aromatic heterocycles. The van der Waals surface area contributed by atoms with Gasteiger partial charge in [-0.2, -0.15) is 0 Å². The maximum absolute atomic E-state index is 12.7. The maximum atomic E-state index is 12.7. The Hall–Kier alpha value is -1.00. The van der Waals surface area contributed by atoms with Crippen molar-refractivity contribution in [3.8, 4) is 0 Å². The predicted octanol–water partition coefficient (Wildman–Crippen LogP) is 3.67. The summed E-state index contributed by atoms with van der Waals surface area (Å²) >= 11 is 2.92. The van der Waals surface area contributed by atoms with E-state index in [4.69, 9.17) is 0 Å². The molecule has 0 unspecified atom stereocenters. The summed E-state index contributed by atoms with van der Waals surface area (Å²) in [5, 5.41) is 0. The Morgan fingerprint density at radius 2 is 1.63 bits per heavy atom. The van der Waals surface area contributed by atoms with Crippen molar-refractivity contribution < 1.29 is 9.59 Å². The molecule has 0 spiro atoms. The minimum atomic E-state index is -0.642. The van der Waals surface area contributed by atoms with Crippen molar-refractivity contribution in [2.24, 2.45) is 0 Å². The van der Waals surface area contributed by atoms with Crippen molar-refractivity contribution in [3.05, 3.63) is 45.2 Å². The standard InChI is InChI=1S/C15H16O2S2/c1-15(2)10-8-6-5-7-9(10)12(16)11(13(15)17)14(18-3)19-4/h5-8H,1-4H3. The summed E-state index contributed by atoms with van der Waals surface area (Å²) in [7, 11) is 0. The average molecular weight is 292 g/mol. The first kappa shape index (κ1) is 14.4. The first-order chi connectivity index (χ1) is 8.95. The zero-order valence-corrected chi connectivity index (χ0v) is 13.1. The maximum Gasteiger partial charge on any atom is 0.198 e. The first-order valence-corrected chi connectivity index (χ1v) is 8.41. The van der Waals surface area contributed by atoms with Crippen molar-refractivity contribution in [2.75, 3.05) is 12.5 Å². The number of carbonyl (C=O) groups excluding carboxylic acids is 2. The number of ketones is 2. The van der Waals surface area contributed by atoms with E-state index < -0.39 is 5.41 Å². The molecule has 0 fully saturated rings. The molecule has 0 bridgehead atoms. The van der Waals surface area contributed by atoms with Gasteiger partial charge in [-0.3, -0.25) is 9.59 Å². The molecule has 0 saturated carbocycles. The molecular formula is C15H16O2S2. The SMILES string of the molecule is CSC(SC)=C1C(=O)c2ccccc2C(C)(C)C1=O. The fourth-order valence-electron chi connectivity index (χ4n) is 2.37. The van der Waals surface area contributed by atoms with Crippen LogP contribution in [-0.2, 0) is 10.2 Å². The Morgan fingerprint density at radius 3 is 2.21 bits per heavy atom. The van der Waals surface area contributed by atoms with Crippen LogP contribution in [0.1, 0.15) is 29.8 Å². The van der Waals surface area contributed by atoms with Gasteiger partial charge in [-0.05, 0) is 31.9 Å². The molecule has 2 nitrogen and oxygen atoms in total. The zero-order chi connectivity index (χ0) is 14.2. The van der Waals surface area contributed by atoms with Crippen LogP contribution in [0, 0.1) is 0 Å². The van der Waals surface area contributed by atoms with Gasteiger partial charge in [-0.15, -0.1) is 23.5 Å². The minimum Gasteiger partial charge on any atom is -0.293 e. The first-order valence-electron chi connectivity index (χ1n) is 5.96. The normalized spacial score (nSPS) is 17.4. The van der Waals surface area contributed by atoms with Crippen LogP contribution in [0.2, 0.25) is 0 Å². The highest BCUT2D eigenvalue weighted by atomic mass is 32.2. The smallest absolute Gasteiger partial charge is 0.198 e. The van der Waals surface area contributed by atoms with Crippen LogP contribution in [0.3, 0.4) is 0 Å². The second-order valence-corrected chi connectivity index (χ2v) is 6.79. The van der Waals surface area contributed by atoms with Gasteiger partial charge < -0.3 is 0 Å². The summed E-state index contributed by atoms with van der Waals surface area (Å²) in [4.78, 5) is 25.2. The molecule has 0 saturated heterocycles. The third-order valence-corrected chi connectivity index (χ3v) is 5.59. The van der Waals surface area contributed by atoms with E-state index >= 15 is 0 Å². The summed E-state index contributed by atoms with van der Waals surface area (Å²) in [6, 6.07) is 7.40. The summed E-state index contributed by atoms with van der Waals surface area (Å²) in [5.41, 5.74) is 1.19. The highest BCUT2D eigenvalue weighted by molar-refractivity contribution is 8.21. The van der Waals surface area contributed by atoms with Gasteiger partial charge in [0.05, 0.1) is 15.2 Å². The number of thioether (sulfide) groups is 2. The molecule has 0 radical (unpaired) electrons. The summed E-state index contributed by atoms with van der Waals surface area (Å²) in [6.45, 7) is 3.78. The van der Waals surface area contributed by atoms with E-state index in [-0.39, 0.29) is 11.6 Å². The van der Waals surface area contributed by atoms with E-state index in [1.165, 1.54) is 23.5 Å². The fraction of sp³-hybridized carbons (Fsp3) is 0.333. The molecule has 0 amide bonds. The fourth-order valence-corrected chi connectivity index (χ4v) is 3.82. The van der Waals surface area contributed by atoms with Crippen LogP contribution >= 0.6 is 23.5 Å². The van der Waals surface area contributed by atoms with E-state index in [9.17, 15) is 9.59 Å². The van der Waals surface area contributed by atoms with Crippen molar-refractivity contribution in [1.82, 2.24) is 0 Å². The highest BCUT2D eigenvalue weighted by Crippen LogP contribution is 2.41. The van der Waals surface area contributed by atoms with Crippen LogP contribution in [-0.4, -0.2) is 24.1 Å². The van der Waals surface area contributed by atoms with Gasteiger partial charge in [-0.25, -0.2) is 0 Å². The molecular weight excluding hydrogens is 276 g/mol. The Kier molecular flexibility index (Phi) is 3.92. The molecule has 0 atom stereocenters. The summed E-state index contributed by atoms with van der Waals surface area (Å²) < 4.78 is 0.803. The average Bonchev–Trinajstić information content (AvgIpc) is 2.42. The van der Waals surface area contributed by atoms with Crippen LogP contribution in [0.5, 0.6) is 0 Å². The van der Waals surface area contributed by atoms with E-state index in [1.54, 1.807) is 0 Å². The number of Topliss-reactive ketones (excluding diaryl/α,β-unsaturated/α-hetero) is 2.